The van der Waals surface area contributed by atoms with E-state index in [0.717, 1.165) is 49.4 Å². The van der Waals surface area contributed by atoms with Gasteiger partial charge in [-0.2, -0.15) is 0 Å². The van der Waals surface area contributed by atoms with Gasteiger partial charge in [-0.05, 0) is 17.7 Å². The van der Waals surface area contributed by atoms with Gasteiger partial charge < -0.3 is 9.80 Å². The molecule has 1 fully saturated rings. The van der Waals surface area contributed by atoms with Crippen molar-refractivity contribution in [2.45, 2.75) is 6.54 Å². The number of anilines is 2. The second-order valence-corrected chi connectivity index (χ2v) is 6.45. The monoisotopic (exact) mass is 331 g/mol. The van der Waals surface area contributed by atoms with Crippen molar-refractivity contribution in [3.63, 3.8) is 0 Å². The average Bonchev–Trinajstić information content (AvgIpc) is 2.58. The summed E-state index contributed by atoms with van der Waals surface area (Å²) >= 11 is 5.94. The van der Waals surface area contributed by atoms with Crippen LogP contribution in [0.15, 0.2) is 36.7 Å². The van der Waals surface area contributed by atoms with Crippen molar-refractivity contribution in [2.75, 3.05) is 50.1 Å². The zero-order valence-corrected chi connectivity index (χ0v) is 14.4. The number of hydrogen-bond acceptors (Lipinski definition) is 5. The molecule has 1 aliphatic heterocycles. The molecule has 0 spiro atoms. The quantitative estimate of drug-likeness (QED) is 0.860. The largest absolute Gasteiger partial charge is 0.363 e. The first-order valence-corrected chi connectivity index (χ1v) is 8.21. The molecule has 2 heterocycles. The second-order valence-electron chi connectivity index (χ2n) is 6.02. The molecule has 2 aromatic rings. The zero-order chi connectivity index (χ0) is 16.2. The van der Waals surface area contributed by atoms with E-state index >= 15 is 0 Å². The fourth-order valence-corrected chi connectivity index (χ4v) is 2.86. The van der Waals surface area contributed by atoms with Gasteiger partial charge in [-0.1, -0.05) is 23.7 Å². The maximum atomic E-state index is 5.94. The topological polar surface area (TPSA) is 35.5 Å². The van der Waals surface area contributed by atoms with Crippen molar-refractivity contribution in [1.82, 2.24) is 14.9 Å². The fraction of sp³-hybridized carbons (Fsp3) is 0.412. The number of aromatic nitrogens is 2. The lowest BCUT2D eigenvalue weighted by Gasteiger charge is -2.35. The Balaban J connectivity index is 1.58. The van der Waals surface area contributed by atoms with Gasteiger partial charge in [0.2, 0.25) is 0 Å². The van der Waals surface area contributed by atoms with E-state index in [4.69, 9.17) is 11.6 Å². The Morgan fingerprint density at radius 2 is 1.74 bits per heavy atom. The van der Waals surface area contributed by atoms with Crippen LogP contribution in [0.2, 0.25) is 5.02 Å². The van der Waals surface area contributed by atoms with Crippen LogP contribution in [-0.2, 0) is 6.54 Å². The van der Waals surface area contributed by atoms with E-state index in [0.29, 0.717) is 0 Å². The number of benzene rings is 1. The standard InChI is InChI=1S/C17H22ClN5/c1-21(2)16-11-17(20-13-19-16)23-9-7-22(8-10-23)12-14-3-5-15(18)6-4-14/h3-6,11,13H,7-10,12H2,1-2H3. The smallest absolute Gasteiger partial charge is 0.134 e. The minimum atomic E-state index is 0.791. The third-order valence-electron chi connectivity index (χ3n) is 4.11. The Morgan fingerprint density at radius 1 is 1.04 bits per heavy atom. The van der Waals surface area contributed by atoms with Crippen molar-refractivity contribution >= 4 is 23.2 Å². The third-order valence-corrected chi connectivity index (χ3v) is 4.36. The summed E-state index contributed by atoms with van der Waals surface area (Å²) < 4.78 is 0. The van der Waals surface area contributed by atoms with Gasteiger partial charge in [0.15, 0.2) is 0 Å². The van der Waals surface area contributed by atoms with Gasteiger partial charge in [-0.3, -0.25) is 4.90 Å². The predicted octanol–water partition coefficient (Wildman–Crippen LogP) is 2.52. The van der Waals surface area contributed by atoms with Gasteiger partial charge in [0.25, 0.3) is 0 Å². The summed E-state index contributed by atoms with van der Waals surface area (Å²) in [7, 11) is 3.99. The molecule has 3 rings (SSSR count). The Hall–Kier alpha value is -1.85. The van der Waals surface area contributed by atoms with Gasteiger partial charge >= 0.3 is 0 Å². The molecular weight excluding hydrogens is 310 g/mol. The Morgan fingerprint density at radius 3 is 2.39 bits per heavy atom. The molecule has 1 aliphatic rings. The first-order chi connectivity index (χ1) is 11.1. The van der Waals surface area contributed by atoms with E-state index in [9.17, 15) is 0 Å². The molecule has 1 aromatic carbocycles. The Bertz CT molecular complexity index is 636. The summed E-state index contributed by atoms with van der Waals surface area (Å²) in [5.74, 6) is 1.95. The molecule has 0 N–H and O–H groups in total. The van der Waals surface area contributed by atoms with E-state index in [1.807, 2.05) is 31.1 Å². The van der Waals surface area contributed by atoms with Gasteiger partial charge in [-0.15, -0.1) is 0 Å². The van der Waals surface area contributed by atoms with Gasteiger partial charge in [0, 0.05) is 57.9 Å². The van der Waals surface area contributed by atoms with Crippen LogP contribution in [0.5, 0.6) is 0 Å². The molecule has 122 valence electrons. The summed E-state index contributed by atoms with van der Waals surface area (Å²) in [5.41, 5.74) is 1.31. The highest BCUT2D eigenvalue weighted by molar-refractivity contribution is 6.30. The molecule has 0 atom stereocenters. The van der Waals surface area contributed by atoms with Gasteiger partial charge in [0.1, 0.15) is 18.0 Å². The van der Waals surface area contributed by atoms with E-state index in [2.05, 4.69) is 38.0 Å². The van der Waals surface area contributed by atoms with Crippen LogP contribution in [-0.4, -0.2) is 55.1 Å². The molecule has 0 aliphatic carbocycles. The summed E-state index contributed by atoms with van der Waals surface area (Å²) in [4.78, 5) is 15.5. The van der Waals surface area contributed by atoms with Gasteiger partial charge in [-0.25, -0.2) is 9.97 Å². The highest BCUT2D eigenvalue weighted by Crippen LogP contribution is 2.18. The molecule has 6 heteroatoms. The normalized spacial score (nSPS) is 15.7. The lowest BCUT2D eigenvalue weighted by molar-refractivity contribution is 0.249. The SMILES string of the molecule is CN(C)c1cc(N2CCN(Cc3ccc(Cl)cc3)CC2)ncn1. The van der Waals surface area contributed by atoms with Crippen molar-refractivity contribution in [3.8, 4) is 0 Å². The maximum absolute atomic E-state index is 5.94. The number of halogens is 1. The molecule has 0 bridgehead atoms. The number of nitrogens with zero attached hydrogens (tertiary/aromatic N) is 5. The first-order valence-electron chi connectivity index (χ1n) is 7.83. The van der Waals surface area contributed by atoms with Gasteiger partial charge in [0.05, 0.1) is 0 Å². The van der Waals surface area contributed by atoms with E-state index in [1.54, 1.807) is 6.33 Å². The Labute approximate surface area is 142 Å². The fourth-order valence-electron chi connectivity index (χ4n) is 2.74. The van der Waals surface area contributed by atoms with E-state index in [-0.39, 0.29) is 0 Å². The van der Waals surface area contributed by atoms with Crippen LogP contribution in [0.4, 0.5) is 11.6 Å². The summed E-state index contributed by atoms with van der Waals surface area (Å²) in [6.45, 7) is 5.00. The Kier molecular flexibility index (Phi) is 4.98. The van der Waals surface area contributed by atoms with Crippen LogP contribution >= 0.6 is 11.6 Å². The van der Waals surface area contributed by atoms with Crippen LogP contribution in [0.1, 0.15) is 5.56 Å². The molecule has 0 unspecified atom stereocenters. The molecule has 1 aromatic heterocycles. The van der Waals surface area contributed by atoms with Crippen molar-refractivity contribution in [3.05, 3.63) is 47.2 Å². The van der Waals surface area contributed by atoms with E-state index in [1.165, 1.54) is 5.56 Å². The lowest BCUT2D eigenvalue weighted by Crippen LogP contribution is -2.46. The lowest BCUT2D eigenvalue weighted by atomic mass is 10.2. The molecule has 5 nitrogen and oxygen atoms in total. The van der Waals surface area contributed by atoms with Crippen molar-refractivity contribution < 1.29 is 0 Å². The van der Waals surface area contributed by atoms with Crippen LogP contribution in [0, 0.1) is 0 Å². The molecular formula is C17H22ClN5. The summed E-state index contributed by atoms with van der Waals surface area (Å²) in [5, 5.41) is 0.791. The maximum Gasteiger partial charge on any atom is 0.134 e. The van der Waals surface area contributed by atoms with Crippen LogP contribution in [0.3, 0.4) is 0 Å². The number of piperazine rings is 1. The van der Waals surface area contributed by atoms with Crippen molar-refractivity contribution in [2.24, 2.45) is 0 Å². The summed E-state index contributed by atoms with van der Waals surface area (Å²) in [6, 6.07) is 10.2. The van der Waals surface area contributed by atoms with Crippen LogP contribution < -0.4 is 9.80 Å². The molecule has 0 saturated carbocycles. The zero-order valence-electron chi connectivity index (χ0n) is 13.6. The molecule has 0 radical (unpaired) electrons. The average molecular weight is 332 g/mol. The number of rotatable bonds is 4. The highest BCUT2D eigenvalue weighted by atomic mass is 35.5. The first kappa shape index (κ1) is 16.0. The third kappa shape index (κ3) is 4.12. The molecule has 1 saturated heterocycles. The van der Waals surface area contributed by atoms with Crippen molar-refractivity contribution in [1.29, 1.82) is 0 Å². The molecule has 23 heavy (non-hydrogen) atoms. The minimum Gasteiger partial charge on any atom is -0.363 e. The summed E-state index contributed by atoms with van der Waals surface area (Å²) in [6.07, 6.45) is 1.64. The number of hydrogen-bond donors (Lipinski definition) is 0. The van der Waals surface area contributed by atoms with E-state index < -0.39 is 0 Å². The molecule has 0 amide bonds. The highest BCUT2D eigenvalue weighted by Gasteiger charge is 2.18. The van der Waals surface area contributed by atoms with Crippen LogP contribution in [0.25, 0.3) is 0 Å². The minimum absolute atomic E-state index is 0.791. The second kappa shape index (κ2) is 7.15. The predicted molar refractivity (Wildman–Crippen MR) is 95.3 cm³/mol.